The van der Waals surface area contributed by atoms with Crippen LogP contribution in [-0.4, -0.2) is 37.5 Å². The number of aromatic amines is 1. The molecule has 0 saturated carbocycles. The lowest BCUT2D eigenvalue weighted by Gasteiger charge is -2.05. The van der Waals surface area contributed by atoms with Crippen molar-refractivity contribution in [3.8, 4) is 0 Å². The van der Waals surface area contributed by atoms with Crippen LogP contribution in [0.1, 0.15) is 12.6 Å². The quantitative estimate of drug-likeness (QED) is 0.550. The maximum Gasteiger partial charge on any atom is 0.211 e. The van der Waals surface area contributed by atoms with Gasteiger partial charge in [0.15, 0.2) is 0 Å². The first-order valence-electron chi connectivity index (χ1n) is 4.80. The van der Waals surface area contributed by atoms with Crippen molar-refractivity contribution in [1.29, 1.82) is 0 Å². The van der Waals surface area contributed by atoms with Gasteiger partial charge in [-0.05, 0) is 13.0 Å². The molecule has 0 atom stereocenters. The van der Waals surface area contributed by atoms with Gasteiger partial charge in [0.2, 0.25) is 10.0 Å². The number of aromatic nitrogens is 2. The molecule has 86 valence electrons. The van der Waals surface area contributed by atoms with Crippen molar-refractivity contribution in [1.82, 2.24) is 20.2 Å². The summed E-state index contributed by atoms with van der Waals surface area (Å²) >= 11 is 0. The highest BCUT2D eigenvalue weighted by molar-refractivity contribution is 7.89. The maximum atomic E-state index is 11.0. The highest BCUT2D eigenvalue weighted by Gasteiger charge is 2.03. The van der Waals surface area contributed by atoms with E-state index in [1.807, 2.05) is 6.07 Å². The molecule has 1 heterocycles. The van der Waals surface area contributed by atoms with Crippen molar-refractivity contribution in [2.75, 3.05) is 18.8 Å². The van der Waals surface area contributed by atoms with E-state index in [4.69, 9.17) is 0 Å². The molecule has 3 N–H and O–H groups in total. The Morgan fingerprint density at radius 2 is 2.27 bits per heavy atom. The lowest BCUT2D eigenvalue weighted by atomic mass is 10.4. The zero-order valence-corrected chi connectivity index (χ0v) is 9.47. The normalized spacial score (nSPS) is 11.8. The summed E-state index contributed by atoms with van der Waals surface area (Å²) < 4.78 is 24.5. The molecule has 0 aliphatic rings. The summed E-state index contributed by atoms with van der Waals surface area (Å²) in [7, 11) is -3.06. The van der Waals surface area contributed by atoms with Crippen LogP contribution in [0.2, 0.25) is 0 Å². The average Bonchev–Trinajstić information content (AvgIpc) is 2.70. The largest absolute Gasteiger partial charge is 0.310 e. The third-order valence-corrected chi connectivity index (χ3v) is 3.28. The first-order valence-corrected chi connectivity index (χ1v) is 6.45. The number of rotatable bonds is 7. The zero-order valence-electron chi connectivity index (χ0n) is 8.66. The Bertz CT molecular complexity index is 360. The van der Waals surface area contributed by atoms with Crippen LogP contribution in [0.15, 0.2) is 12.3 Å². The molecular formula is C8H16N4O2S. The van der Waals surface area contributed by atoms with E-state index in [0.29, 0.717) is 19.6 Å². The van der Waals surface area contributed by atoms with Crippen LogP contribution in [0.3, 0.4) is 0 Å². The highest BCUT2D eigenvalue weighted by Crippen LogP contribution is 1.88. The van der Waals surface area contributed by atoms with Gasteiger partial charge >= 0.3 is 0 Å². The van der Waals surface area contributed by atoms with Gasteiger partial charge in [-0.1, -0.05) is 0 Å². The lowest BCUT2D eigenvalue weighted by molar-refractivity contribution is 0.576. The molecule has 7 heteroatoms. The monoisotopic (exact) mass is 232 g/mol. The standard InChI is InChI=1S/C8H16N4O2S/c1-2-15(13,14)11-6-5-9-7-8-3-4-10-12-8/h3-4,9,11H,2,5-7H2,1H3,(H,10,12). The molecule has 0 aliphatic carbocycles. The van der Waals surface area contributed by atoms with Crippen LogP contribution in [0.4, 0.5) is 0 Å². The molecule has 1 rings (SSSR count). The van der Waals surface area contributed by atoms with Crippen molar-refractivity contribution < 1.29 is 8.42 Å². The van der Waals surface area contributed by atoms with Crippen molar-refractivity contribution in [3.05, 3.63) is 18.0 Å². The fourth-order valence-corrected chi connectivity index (χ4v) is 1.62. The Balaban J connectivity index is 2.08. The van der Waals surface area contributed by atoms with Crippen LogP contribution in [0, 0.1) is 0 Å². The minimum atomic E-state index is -3.06. The van der Waals surface area contributed by atoms with E-state index >= 15 is 0 Å². The van der Waals surface area contributed by atoms with Gasteiger partial charge in [-0.3, -0.25) is 5.10 Å². The van der Waals surface area contributed by atoms with E-state index < -0.39 is 10.0 Å². The Morgan fingerprint density at radius 1 is 1.47 bits per heavy atom. The second-order valence-electron chi connectivity index (χ2n) is 3.06. The average molecular weight is 232 g/mol. The van der Waals surface area contributed by atoms with Gasteiger partial charge in [0.25, 0.3) is 0 Å². The number of hydrogen-bond donors (Lipinski definition) is 3. The second-order valence-corrected chi connectivity index (χ2v) is 5.15. The topological polar surface area (TPSA) is 86.9 Å². The van der Waals surface area contributed by atoms with Crippen LogP contribution < -0.4 is 10.0 Å². The summed E-state index contributed by atoms with van der Waals surface area (Å²) in [6.07, 6.45) is 1.68. The third kappa shape index (κ3) is 4.91. The zero-order chi connectivity index (χ0) is 11.1. The minimum Gasteiger partial charge on any atom is -0.310 e. The molecule has 0 bridgehead atoms. The van der Waals surface area contributed by atoms with Gasteiger partial charge < -0.3 is 5.32 Å². The van der Waals surface area contributed by atoms with E-state index in [0.717, 1.165) is 5.69 Å². The van der Waals surface area contributed by atoms with Crippen molar-refractivity contribution in [3.63, 3.8) is 0 Å². The molecule has 6 nitrogen and oxygen atoms in total. The van der Waals surface area contributed by atoms with E-state index in [9.17, 15) is 8.42 Å². The fraction of sp³-hybridized carbons (Fsp3) is 0.625. The van der Waals surface area contributed by atoms with Gasteiger partial charge in [0.1, 0.15) is 0 Å². The van der Waals surface area contributed by atoms with Crippen LogP contribution in [0.25, 0.3) is 0 Å². The number of hydrogen-bond acceptors (Lipinski definition) is 4. The first kappa shape index (κ1) is 12.2. The first-order chi connectivity index (χ1) is 7.14. The molecular weight excluding hydrogens is 216 g/mol. The summed E-state index contributed by atoms with van der Waals surface area (Å²) in [5, 5.41) is 9.69. The number of nitrogens with one attached hydrogen (secondary N) is 3. The van der Waals surface area contributed by atoms with Gasteiger partial charge in [-0.15, -0.1) is 0 Å². The molecule has 0 amide bonds. The number of nitrogens with zero attached hydrogens (tertiary/aromatic N) is 1. The molecule has 0 radical (unpaired) electrons. The van der Waals surface area contributed by atoms with Gasteiger partial charge in [0.05, 0.1) is 5.75 Å². The van der Waals surface area contributed by atoms with E-state index in [-0.39, 0.29) is 5.75 Å². The van der Waals surface area contributed by atoms with E-state index in [2.05, 4.69) is 20.2 Å². The Hall–Kier alpha value is -0.920. The second kappa shape index (κ2) is 5.84. The fourth-order valence-electron chi connectivity index (χ4n) is 1.00. The Kier molecular flexibility index (Phi) is 4.73. The lowest BCUT2D eigenvalue weighted by Crippen LogP contribution is -2.32. The molecule has 15 heavy (non-hydrogen) atoms. The number of H-pyrrole nitrogens is 1. The summed E-state index contributed by atoms with van der Waals surface area (Å²) in [6, 6.07) is 1.86. The van der Waals surface area contributed by atoms with Crippen molar-refractivity contribution >= 4 is 10.0 Å². The third-order valence-electron chi connectivity index (χ3n) is 1.88. The predicted molar refractivity (Wildman–Crippen MR) is 57.8 cm³/mol. The van der Waals surface area contributed by atoms with Gasteiger partial charge in [0, 0.05) is 31.5 Å². The summed E-state index contributed by atoms with van der Waals surface area (Å²) in [6.45, 7) is 3.27. The predicted octanol–water partition coefficient (Wildman–Crippen LogP) is -0.561. The van der Waals surface area contributed by atoms with Crippen LogP contribution >= 0.6 is 0 Å². The molecule has 0 aromatic carbocycles. The summed E-state index contributed by atoms with van der Waals surface area (Å²) in [5.74, 6) is 0.119. The number of sulfonamides is 1. The molecule has 0 aliphatic heterocycles. The van der Waals surface area contributed by atoms with E-state index in [1.54, 1.807) is 13.1 Å². The molecule has 1 aromatic heterocycles. The van der Waals surface area contributed by atoms with Gasteiger partial charge in [-0.25, -0.2) is 13.1 Å². The Labute approximate surface area is 89.5 Å². The highest BCUT2D eigenvalue weighted by atomic mass is 32.2. The Morgan fingerprint density at radius 3 is 2.87 bits per heavy atom. The van der Waals surface area contributed by atoms with Crippen LogP contribution in [0.5, 0.6) is 0 Å². The van der Waals surface area contributed by atoms with Crippen molar-refractivity contribution in [2.45, 2.75) is 13.5 Å². The SMILES string of the molecule is CCS(=O)(=O)NCCNCc1ccn[nH]1. The molecule has 1 aromatic rings. The van der Waals surface area contributed by atoms with Crippen molar-refractivity contribution in [2.24, 2.45) is 0 Å². The molecule has 0 unspecified atom stereocenters. The summed E-state index contributed by atoms with van der Waals surface area (Å²) in [5.41, 5.74) is 0.980. The minimum absolute atomic E-state index is 0.119. The van der Waals surface area contributed by atoms with Crippen LogP contribution in [-0.2, 0) is 16.6 Å². The molecule has 0 saturated heterocycles. The summed E-state index contributed by atoms with van der Waals surface area (Å²) in [4.78, 5) is 0. The smallest absolute Gasteiger partial charge is 0.211 e. The molecule has 0 spiro atoms. The van der Waals surface area contributed by atoms with Gasteiger partial charge in [-0.2, -0.15) is 5.10 Å². The van der Waals surface area contributed by atoms with E-state index in [1.165, 1.54) is 0 Å². The maximum absolute atomic E-state index is 11.0. The molecule has 0 fully saturated rings.